The van der Waals surface area contributed by atoms with Crippen LogP contribution >= 0.6 is 0 Å². The van der Waals surface area contributed by atoms with E-state index in [9.17, 15) is 9.59 Å². The molecule has 0 spiro atoms. The van der Waals surface area contributed by atoms with Gasteiger partial charge in [0.15, 0.2) is 12.1 Å². The monoisotopic (exact) mass is 191 g/mol. The second-order valence-corrected chi connectivity index (χ2v) is 3.17. The quantitative estimate of drug-likeness (QED) is 0.577. The molecule has 74 valence electrons. The van der Waals surface area contributed by atoms with Crippen molar-refractivity contribution in [3.63, 3.8) is 0 Å². The molecule has 0 atom stereocenters. The van der Waals surface area contributed by atoms with E-state index >= 15 is 0 Å². The van der Waals surface area contributed by atoms with Gasteiger partial charge in [0.05, 0.1) is 0 Å². The first-order valence-corrected chi connectivity index (χ1v) is 4.48. The maximum atomic E-state index is 11.5. The number of benzene rings is 1. The number of hydrogen-bond donors (Lipinski definition) is 1. The zero-order valence-corrected chi connectivity index (χ0v) is 8.12. The first-order valence-electron chi connectivity index (χ1n) is 4.48. The maximum absolute atomic E-state index is 11.5. The summed E-state index contributed by atoms with van der Waals surface area (Å²) in [6.07, 6.45) is 0.987. The van der Waals surface area contributed by atoms with Crippen molar-refractivity contribution in [2.24, 2.45) is 5.73 Å². The van der Waals surface area contributed by atoms with E-state index in [0.29, 0.717) is 24.0 Å². The normalized spacial score (nSPS) is 9.86. The van der Waals surface area contributed by atoms with E-state index in [1.807, 2.05) is 13.0 Å². The number of hydrogen-bond acceptors (Lipinski definition) is 3. The van der Waals surface area contributed by atoms with E-state index in [2.05, 4.69) is 0 Å². The van der Waals surface area contributed by atoms with Crippen LogP contribution in [0.3, 0.4) is 0 Å². The van der Waals surface area contributed by atoms with Crippen LogP contribution in [0.2, 0.25) is 0 Å². The van der Waals surface area contributed by atoms with E-state index < -0.39 is 0 Å². The number of rotatable bonds is 4. The number of ketones is 1. The Bertz CT molecular complexity index is 358. The van der Waals surface area contributed by atoms with Crippen LogP contribution in [0, 0.1) is 6.92 Å². The van der Waals surface area contributed by atoms with Crippen molar-refractivity contribution in [2.45, 2.75) is 13.3 Å². The molecule has 0 radical (unpaired) electrons. The second kappa shape index (κ2) is 4.67. The number of Topliss-reactive ketones (excluding diaryl/α,β-unsaturated/α-hetero) is 1. The first-order chi connectivity index (χ1) is 6.69. The molecule has 3 nitrogen and oxygen atoms in total. The predicted molar refractivity (Wildman–Crippen MR) is 54.6 cm³/mol. The molecule has 0 heterocycles. The molecule has 0 saturated heterocycles. The average Bonchev–Trinajstić information content (AvgIpc) is 2.17. The van der Waals surface area contributed by atoms with Crippen molar-refractivity contribution in [1.29, 1.82) is 0 Å². The van der Waals surface area contributed by atoms with Gasteiger partial charge in [0.25, 0.3) is 0 Å². The average molecular weight is 191 g/mol. The fourth-order valence-corrected chi connectivity index (χ4v) is 1.30. The molecule has 0 bridgehead atoms. The standard InChI is InChI=1S/C11H13NO2/c1-8-2-3-10(9(6-8)7-13)11(14)4-5-12/h2-3,6-7H,4-5,12H2,1H3. The highest BCUT2D eigenvalue weighted by molar-refractivity contribution is 6.02. The number of carbonyl (C=O) groups is 2. The Morgan fingerprint density at radius 3 is 2.79 bits per heavy atom. The smallest absolute Gasteiger partial charge is 0.164 e. The highest BCUT2D eigenvalue weighted by Gasteiger charge is 2.09. The van der Waals surface area contributed by atoms with Crippen molar-refractivity contribution < 1.29 is 9.59 Å². The molecule has 0 saturated carbocycles. The van der Waals surface area contributed by atoms with E-state index in [0.717, 1.165) is 5.56 Å². The highest BCUT2D eigenvalue weighted by atomic mass is 16.1. The molecule has 0 fully saturated rings. The molecule has 0 aliphatic rings. The Kier molecular flexibility index (Phi) is 3.54. The molecule has 0 aromatic heterocycles. The van der Waals surface area contributed by atoms with Gasteiger partial charge < -0.3 is 5.73 Å². The predicted octanol–water partition coefficient (Wildman–Crippen LogP) is 1.34. The molecule has 1 aromatic carbocycles. The minimum atomic E-state index is -0.0744. The first kappa shape index (κ1) is 10.6. The lowest BCUT2D eigenvalue weighted by atomic mass is 10.0. The van der Waals surface area contributed by atoms with Crippen LogP contribution < -0.4 is 5.73 Å². The molecule has 1 rings (SSSR count). The summed E-state index contributed by atoms with van der Waals surface area (Å²) in [7, 11) is 0. The number of aryl methyl sites for hydroxylation is 1. The van der Waals surface area contributed by atoms with Crippen molar-refractivity contribution in [3.8, 4) is 0 Å². The summed E-state index contributed by atoms with van der Waals surface area (Å²) in [6.45, 7) is 2.19. The topological polar surface area (TPSA) is 60.2 Å². The van der Waals surface area contributed by atoms with Crippen LogP contribution in [0.4, 0.5) is 0 Å². The van der Waals surface area contributed by atoms with Crippen LogP contribution in [0.5, 0.6) is 0 Å². The van der Waals surface area contributed by atoms with Crippen LogP contribution in [-0.4, -0.2) is 18.6 Å². The van der Waals surface area contributed by atoms with Gasteiger partial charge in [0.2, 0.25) is 0 Å². The molecule has 1 aromatic rings. The Morgan fingerprint density at radius 1 is 1.50 bits per heavy atom. The van der Waals surface area contributed by atoms with Crippen molar-refractivity contribution in [1.82, 2.24) is 0 Å². The molecular formula is C11H13NO2. The number of aldehydes is 1. The van der Waals surface area contributed by atoms with Gasteiger partial charge in [0, 0.05) is 17.5 Å². The Labute approximate surface area is 82.9 Å². The van der Waals surface area contributed by atoms with Crippen LogP contribution in [-0.2, 0) is 0 Å². The SMILES string of the molecule is Cc1ccc(C(=O)CCN)c(C=O)c1. The van der Waals surface area contributed by atoms with Gasteiger partial charge >= 0.3 is 0 Å². The van der Waals surface area contributed by atoms with E-state index in [1.165, 1.54) is 0 Å². The van der Waals surface area contributed by atoms with Gasteiger partial charge in [-0.1, -0.05) is 17.7 Å². The molecule has 0 aliphatic heterocycles. The fourth-order valence-electron chi connectivity index (χ4n) is 1.30. The number of nitrogens with two attached hydrogens (primary N) is 1. The molecular weight excluding hydrogens is 178 g/mol. The third-order valence-corrected chi connectivity index (χ3v) is 2.01. The third kappa shape index (κ3) is 2.26. The summed E-state index contributed by atoms with van der Waals surface area (Å²) in [4.78, 5) is 22.2. The van der Waals surface area contributed by atoms with Crippen molar-refractivity contribution in [2.75, 3.05) is 6.54 Å². The van der Waals surface area contributed by atoms with Gasteiger partial charge in [-0.25, -0.2) is 0 Å². The number of carbonyl (C=O) groups excluding carboxylic acids is 2. The van der Waals surface area contributed by atoms with Gasteiger partial charge in [-0.3, -0.25) is 9.59 Å². The largest absolute Gasteiger partial charge is 0.330 e. The Hall–Kier alpha value is -1.48. The van der Waals surface area contributed by atoms with Gasteiger partial charge in [-0.2, -0.15) is 0 Å². The van der Waals surface area contributed by atoms with Gasteiger partial charge in [0.1, 0.15) is 0 Å². The minimum absolute atomic E-state index is 0.0744. The van der Waals surface area contributed by atoms with E-state index in [-0.39, 0.29) is 12.2 Å². The maximum Gasteiger partial charge on any atom is 0.164 e. The molecule has 2 N–H and O–H groups in total. The van der Waals surface area contributed by atoms with Crippen LogP contribution in [0.15, 0.2) is 18.2 Å². The fraction of sp³-hybridized carbons (Fsp3) is 0.273. The zero-order chi connectivity index (χ0) is 10.6. The summed E-state index contributed by atoms with van der Waals surface area (Å²) in [5.74, 6) is -0.0744. The third-order valence-electron chi connectivity index (χ3n) is 2.01. The highest BCUT2D eigenvalue weighted by Crippen LogP contribution is 2.11. The summed E-state index contributed by atoms with van der Waals surface area (Å²) in [5, 5.41) is 0. The van der Waals surface area contributed by atoms with Gasteiger partial charge in [-0.15, -0.1) is 0 Å². The molecule has 14 heavy (non-hydrogen) atoms. The molecule has 3 heteroatoms. The summed E-state index contributed by atoms with van der Waals surface area (Å²) < 4.78 is 0. The van der Waals surface area contributed by atoms with Gasteiger partial charge in [-0.05, 0) is 19.5 Å². The summed E-state index contributed by atoms with van der Waals surface area (Å²) >= 11 is 0. The zero-order valence-electron chi connectivity index (χ0n) is 8.12. The lowest BCUT2D eigenvalue weighted by molar-refractivity contribution is 0.0979. The minimum Gasteiger partial charge on any atom is -0.330 e. The molecule has 0 aliphatic carbocycles. The molecule has 0 unspecified atom stereocenters. The lowest BCUT2D eigenvalue weighted by Gasteiger charge is -2.03. The van der Waals surface area contributed by atoms with E-state index in [4.69, 9.17) is 5.73 Å². The second-order valence-electron chi connectivity index (χ2n) is 3.17. The van der Waals surface area contributed by atoms with Crippen LogP contribution in [0.25, 0.3) is 0 Å². The Balaban J connectivity index is 3.07. The van der Waals surface area contributed by atoms with E-state index in [1.54, 1.807) is 12.1 Å². The lowest BCUT2D eigenvalue weighted by Crippen LogP contribution is -2.10. The van der Waals surface area contributed by atoms with Crippen molar-refractivity contribution >= 4 is 12.1 Å². The Morgan fingerprint density at radius 2 is 2.21 bits per heavy atom. The summed E-state index contributed by atoms with van der Waals surface area (Å²) in [5.41, 5.74) is 7.16. The van der Waals surface area contributed by atoms with Crippen molar-refractivity contribution in [3.05, 3.63) is 34.9 Å². The summed E-state index contributed by atoms with van der Waals surface area (Å²) in [6, 6.07) is 5.20. The van der Waals surface area contributed by atoms with Crippen LogP contribution in [0.1, 0.15) is 32.7 Å². The molecule has 0 amide bonds.